The first kappa shape index (κ1) is 21.7. The van der Waals surface area contributed by atoms with Crippen LogP contribution in [0.2, 0.25) is 15.1 Å². The summed E-state index contributed by atoms with van der Waals surface area (Å²) in [5, 5.41) is 13.9. The number of benzene rings is 4. The topological polar surface area (TPSA) is 20.2 Å². The summed E-state index contributed by atoms with van der Waals surface area (Å²) in [6, 6.07) is 35.2. The maximum Gasteiger partial charge on any atom is 0.152 e. The molecule has 0 amide bonds. The fraction of sp³-hybridized carbons (Fsp3) is 0. The zero-order valence-corrected chi connectivity index (χ0v) is 18.5. The smallest absolute Gasteiger partial charge is 0.152 e. The van der Waals surface area contributed by atoms with Crippen LogP contribution in [-0.4, -0.2) is 5.11 Å². The number of halogens is 3. The number of aromatic hydroxyl groups is 1. The van der Waals surface area contributed by atoms with E-state index < -0.39 is 7.92 Å². The van der Waals surface area contributed by atoms with Crippen molar-refractivity contribution in [3.63, 3.8) is 0 Å². The van der Waals surface area contributed by atoms with Gasteiger partial charge in [-0.05, 0) is 36.0 Å². The van der Waals surface area contributed by atoms with E-state index in [0.717, 1.165) is 0 Å². The molecule has 0 spiro atoms. The van der Waals surface area contributed by atoms with Crippen LogP contribution in [-0.2, 0) is 0 Å². The van der Waals surface area contributed by atoms with Gasteiger partial charge < -0.3 is 5.11 Å². The number of phenolic OH excluding ortho intramolecular Hbond substituents is 1. The minimum atomic E-state index is -0.446. The van der Waals surface area contributed by atoms with Crippen molar-refractivity contribution in [2.24, 2.45) is 0 Å². The Hall–Kier alpha value is -2.02. The molecule has 5 heteroatoms. The summed E-state index contributed by atoms with van der Waals surface area (Å²) in [6.07, 6.45) is 0. The van der Waals surface area contributed by atoms with Crippen LogP contribution < -0.4 is 15.9 Å². The molecule has 0 aliphatic rings. The van der Waals surface area contributed by atoms with E-state index in [1.165, 1.54) is 28.0 Å². The first-order valence-corrected chi connectivity index (χ1v) is 11.3. The van der Waals surface area contributed by atoms with Gasteiger partial charge in [0.1, 0.15) is 0 Å². The third kappa shape index (κ3) is 5.98. The molecule has 4 aromatic carbocycles. The molecule has 4 aromatic rings. The molecular weight excluding hydrogens is 442 g/mol. The lowest BCUT2D eigenvalue weighted by molar-refractivity contribution is 0.476. The zero-order chi connectivity index (χ0) is 20.6. The average Bonchev–Trinajstić information content (AvgIpc) is 2.75. The maximum absolute atomic E-state index is 9.01. The average molecular weight is 460 g/mol. The largest absolute Gasteiger partial charge is 0.505 e. The second kappa shape index (κ2) is 10.7. The minimum absolute atomic E-state index is 0.132. The van der Waals surface area contributed by atoms with Crippen molar-refractivity contribution < 1.29 is 5.11 Å². The summed E-state index contributed by atoms with van der Waals surface area (Å²) >= 11 is 16.5. The van der Waals surface area contributed by atoms with E-state index >= 15 is 0 Å². The van der Waals surface area contributed by atoms with Gasteiger partial charge in [-0.25, -0.2) is 0 Å². The summed E-state index contributed by atoms with van der Waals surface area (Å²) < 4.78 is 0. The Balaban J connectivity index is 0.000000204. The van der Waals surface area contributed by atoms with Gasteiger partial charge in [0.25, 0.3) is 0 Å². The number of rotatable bonds is 3. The van der Waals surface area contributed by atoms with Crippen LogP contribution >= 0.6 is 42.7 Å². The third-order valence-corrected chi connectivity index (χ3v) is 7.26. The highest BCUT2D eigenvalue weighted by molar-refractivity contribution is 7.79. The van der Waals surface area contributed by atoms with E-state index in [-0.39, 0.29) is 15.8 Å². The predicted molar refractivity (Wildman–Crippen MR) is 128 cm³/mol. The van der Waals surface area contributed by atoms with Gasteiger partial charge in [-0.3, -0.25) is 0 Å². The van der Waals surface area contributed by atoms with Crippen LogP contribution in [0.15, 0.2) is 103 Å². The lowest BCUT2D eigenvalue weighted by Gasteiger charge is -2.18. The molecule has 0 fully saturated rings. The van der Waals surface area contributed by atoms with Crippen LogP contribution in [0, 0.1) is 0 Å². The van der Waals surface area contributed by atoms with Crippen molar-refractivity contribution in [3.8, 4) is 5.75 Å². The summed E-state index contributed by atoms with van der Waals surface area (Å²) in [5.74, 6) is -0.132. The van der Waals surface area contributed by atoms with Gasteiger partial charge in [0.2, 0.25) is 0 Å². The Kier molecular flexibility index (Phi) is 7.98. The molecule has 0 saturated heterocycles. The molecule has 1 N–H and O–H groups in total. The Labute approximate surface area is 187 Å². The van der Waals surface area contributed by atoms with E-state index in [1.807, 2.05) is 0 Å². The Morgan fingerprint density at radius 2 is 0.828 bits per heavy atom. The molecule has 0 saturated carbocycles. The summed E-state index contributed by atoms with van der Waals surface area (Å²) in [7, 11) is -0.446. The fourth-order valence-electron chi connectivity index (χ4n) is 2.71. The van der Waals surface area contributed by atoms with E-state index in [1.54, 1.807) is 0 Å². The quantitative estimate of drug-likeness (QED) is 0.334. The number of hydrogen-bond donors (Lipinski definition) is 1. The van der Waals surface area contributed by atoms with Crippen LogP contribution in [0.1, 0.15) is 0 Å². The van der Waals surface area contributed by atoms with Gasteiger partial charge in [-0.15, -0.1) is 0 Å². The Bertz CT molecular complexity index is 925. The van der Waals surface area contributed by atoms with E-state index in [9.17, 15) is 0 Å². The molecule has 0 heterocycles. The van der Waals surface area contributed by atoms with Gasteiger partial charge in [0, 0.05) is 5.02 Å². The second-order valence-electron chi connectivity index (χ2n) is 6.06. The lowest BCUT2D eigenvalue weighted by Crippen LogP contribution is -2.20. The molecule has 0 atom stereocenters. The van der Waals surface area contributed by atoms with Crippen molar-refractivity contribution in [3.05, 3.63) is 118 Å². The summed E-state index contributed by atoms with van der Waals surface area (Å²) in [6.45, 7) is 0. The molecule has 4 rings (SSSR count). The molecule has 0 unspecified atom stereocenters. The minimum Gasteiger partial charge on any atom is -0.505 e. The van der Waals surface area contributed by atoms with Crippen molar-refractivity contribution >= 4 is 58.6 Å². The van der Waals surface area contributed by atoms with Crippen LogP contribution in [0.5, 0.6) is 5.75 Å². The van der Waals surface area contributed by atoms with Crippen molar-refractivity contribution in [1.82, 2.24) is 0 Å². The predicted octanol–water partition coefficient (Wildman–Crippen LogP) is 6.80. The van der Waals surface area contributed by atoms with E-state index in [0.29, 0.717) is 5.02 Å². The zero-order valence-electron chi connectivity index (χ0n) is 15.3. The number of hydrogen-bond acceptors (Lipinski definition) is 1. The van der Waals surface area contributed by atoms with Crippen molar-refractivity contribution in [1.29, 1.82) is 0 Å². The van der Waals surface area contributed by atoms with Gasteiger partial charge in [-0.2, -0.15) is 0 Å². The highest BCUT2D eigenvalue weighted by Gasteiger charge is 2.15. The second-order valence-corrected chi connectivity index (χ2v) is 9.53. The normalized spacial score (nSPS) is 10.3. The van der Waals surface area contributed by atoms with Gasteiger partial charge in [-0.1, -0.05) is 126 Å². The molecular formula is C24H18Cl3OP. The monoisotopic (exact) mass is 458 g/mol. The van der Waals surface area contributed by atoms with Crippen LogP contribution in [0.4, 0.5) is 0 Å². The summed E-state index contributed by atoms with van der Waals surface area (Å²) in [4.78, 5) is 0. The first-order chi connectivity index (χ1) is 14.1. The molecule has 0 aliphatic carbocycles. The lowest BCUT2D eigenvalue weighted by atomic mass is 10.3. The summed E-state index contributed by atoms with van der Waals surface area (Å²) in [5.41, 5.74) is 0. The van der Waals surface area contributed by atoms with E-state index in [2.05, 4.69) is 91.0 Å². The van der Waals surface area contributed by atoms with Crippen LogP contribution in [0.25, 0.3) is 0 Å². The van der Waals surface area contributed by atoms with Crippen molar-refractivity contribution in [2.75, 3.05) is 0 Å². The standard InChI is InChI=1S/C18H15P.C6H3Cl3O/c1-4-10-16(11-5-1)19(17-12-6-2-7-13-17)18-14-8-3-9-15-18;7-3-1-4(8)6(10)5(9)2-3/h1-15H;1-2,10H. The molecule has 146 valence electrons. The Morgan fingerprint density at radius 1 is 0.517 bits per heavy atom. The SMILES string of the molecule is Oc1c(Cl)cc(Cl)cc1Cl.c1ccc(P(c2ccccc2)c2ccccc2)cc1. The molecule has 0 aromatic heterocycles. The molecule has 0 radical (unpaired) electrons. The van der Waals surface area contributed by atoms with Gasteiger partial charge in [0.05, 0.1) is 10.0 Å². The molecule has 0 aliphatic heterocycles. The fourth-order valence-corrected chi connectivity index (χ4v) is 5.84. The van der Waals surface area contributed by atoms with Gasteiger partial charge in [0.15, 0.2) is 5.75 Å². The highest BCUT2D eigenvalue weighted by atomic mass is 35.5. The van der Waals surface area contributed by atoms with Crippen molar-refractivity contribution in [2.45, 2.75) is 0 Å². The first-order valence-electron chi connectivity index (χ1n) is 8.85. The van der Waals surface area contributed by atoms with E-state index in [4.69, 9.17) is 39.9 Å². The maximum atomic E-state index is 9.01. The molecule has 1 nitrogen and oxygen atoms in total. The third-order valence-electron chi connectivity index (χ3n) is 4.02. The molecule has 29 heavy (non-hydrogen) atoms. The van der Waals surface area contributed by atoms with Gasteiger partial charge >= 0.3 is 0 Å². The van der Waals surface area contributed by atoms with Crippen LogP contribution in [0.3, 0.4) is 0 Å². The Morgan fingerprint density at radius 3 is 1.14 bits per heavy atom. The number of phenols is 1. The highest BCUT2D eigenvalue weighted by Crippen LogP contribution is 2.34. The molecule has 0 bridgehead atoms.